The smallest absolute Gasteiger partial charge is 0.253 e. The normalized spacial score (nSPS) is 14.6. The lowest BCUT2D eigenvalue weighted by Crippen LogP contribution is -2.28. The maximum absolute atomic E-state index is 13.0. The van der Waals surface area contributed by atoms with E-state index in [1.807, 2.05) is 26.0 Å². The van der Waals surface area contributed by atoms with Gasteiger partial charge >= 0.3 is 0 Å². The Morgan fingerprint density at radius 1 is 1.17 bits per heavy atom. The Hall–Kier alpha value is -2.98. The first-order valence-corrected chi connectivity index (χ1v) is 13.6. The van der Waals surface area contributed by atoms with Crippen molar-refractivity contribution < 1.29 is 13.2 Å². The van der Waals surface area contributed by atoms with E-state index in [-0.39, 0.29) is 29.3 Å². The van der Waals surface area contributed by atoms with Crippen LogP contribution in [0.3, 0.4) is 0 Å². The molecule has 0 spiro atoms. The molecule has 0 radical (unpaired) electrons. The maximum atomic E-state index is 13.0. The first-order valence-electron chi connectivity index (χ1n) is 12.2. The maximum Gasteiger partial charge on any atom is 0.253 e. The fraction of sp³-hybridized carbons (Fsp3) is 0.480. The van der Waals surface area contributed by atoms with Crippen molar-refractivity contribution in [3.8, 4) is 0 Å². The molecule has 2 N–H and O–H groups in total. The minimum Gasteiger partial charge on any atom is -0.352 e. The number of H-pyrrole nitrogens is 1. The molecule has 0 bridgehead atoms. The van der Waals surface area contributed by atoms with E-state index in [0.29, 0.717) is 30.6 Å². The highest BCUT2D eigenvalue weighted by Gasteiger charge is 2.28. The highest BCUT2D eigenvalue weighted by Crippen LogP contribution is 2.26. The Labute approximate surface area is 205 Å². The van der Waals surface area contributed by atoms with Crippen molar-refractivity contribution in [2.75, 3.05) is 13.1 Å². The molecule has 0 atom stereocenters. The number of hydrogen-bond donors (Lipinski definition) is 2. The van der Waals surface area contributed by atoms with Crippen LogP contribution in [-0.4, -0.2) is 46.3 Å². The van der Waals surface area contributed by atoms with Gasteiger partial charge in [-0.2, -0.15) is 4.31 Å². The number of fused-ring (bicyclic) bond motifs is 1. The summed E-state index contributed by atoms with van der Waals surface area (Å²) in [6.07, 6.45) is 3.29. The minimum atomic E-state index is -3.52. The zero-order chi connectivity index (χ0) is 25.2. The van der Waals surface area contributed by atoms with Crippen LogP contribution < -0.4 is 10.9 Å². The van der Waals surface area contributed by atoms with Crippen LogP contribution in [0.15, 0.2) is 34.0 Å². The van der Waals surface area contributed by atoms with E-state index in [4.69, 9.17) is 4.98 Å². The van der Waals surface area contributed by atoms with Gasteiger partial charge in [-0.15, -0.1) is 0 Å². The van der Waals surface area contributed by atoms with Crippen LogP contribution >= 0.6 is 0 Å². The number of hydrogen-bond acceptors (Lipinski definition) is 5. The van der Waals surface area contributed by atoms with Gasteiger partial charge in [-0.25, -0.2) is 13.4 Å². The van der Waals surface area contributed by atoms with Crippen molar-refractivity contribution in [3.05, 3.63) is 57.3 Å². The molecule has 3 heterocycles. The van der Waals surface area contributed by atoms with Gasteiger partial charge in [-0.3, -0.25) is 9.59 Å². The van der Waals surface area contributed by atoms with Crippen LogP contribution in [0.5, 0.6) is 0 Å². The van der Waals surface area contributed by atoms with Crippen LogP contribution in [0.25, 0.3) is 11.0 Å². The molecule has 2 aromatic heterocycles. The fourth-order valence-corrected chi connectivity index (χ4v) is 6.20. The van der Waals surface area contributed by atoms with Crippen LogP contribution in [0.1, 0.15) is 55.3 Å². The number of amides is 1. The number of aromatic amines is 1. The summed E-state index contributed by atoms with van der Waals surface area (Å²) in [6, 6.07) is 7.00. The molecular formula is C25H33N5O4S. The molecule has 9 nitrogen and oxygen atoms in total. The zero-order valence-corrected chi connectivity index (χ0v) is 21.4. The summed E-state index contributed by atoms with van der Waals surface area (Å²) < 4.78 is 29.6. The Bertz CT molecular complexity index is 1400. The standard InChI is InChI=1S/C25H33N5O4S/c1-4-11-30-22-8-7-19(35(33,34)29-12-5-6-13-29)15-21(22)28-23(30)9-10-24(31)26-16-20-17(2)14-18(3)27-25(20)32/h7-8,14-15H,4-6,9-13,16H2,1-3H3,(H,26,31)(H,27,32). The summed E-state index contributed by atoms with van der Waals surface area (Å²) in [6.45, 7) is 7.75. The van der Waals surface area contributed by atoms with Gasteiger partial charge in [0.05, 0.1) is 15.9 Å². The van der Waals surface area contributed by atoms with Crippen LogP contribution in [-0.2, 0) is 34.3 Å². The summed E-state index contributed by atoms with van der Waals surface area (Å²) in [7, 11) is -3.52. The van der Waals surface area contributed by atoms with Crippen molar-refractivity contribution in [2.45, 2.75) is 70.9 Å². The molecule has 1 aliphatic heterocycles. The molecule has 10 heteroatoms. The van der Waals surface area contributed by atoms with Crippen molar-refractivity contribution in [2.24, 2.45) is 0 Å². The second-order valence-corrected chi connectivity index (χ2v) is 11.1. The predicted molar refractivity (Wildman–Crippen MR) is 135 cm³/mol. The topological polar surface area (TPSA) is 117 Å². The van der Waals surface area contributed by atoms with Gasteiger partial charge < -0.3 is 14.9 Å². The molecule has 35 heavy (non-hydrogen) atoms. The highest BCUT2D eigenvalue weighted by atomic mass is 32.2. The second-order valence-electron chi connectivity index (χ2n) is 9.16. The van der Waals surface area contributed by atoms with Gasteiger partial charge in [0.2, 0.25) is 15.9 Å². The lowest BCUT2D eigenvalue weighted by Gasteiger charge is -2.15. The van der Waals surface area contributed by atoms with Gasteiger partial charge in [-0.05, 0) is 62.9 Å². The molecule has 1 aliphatic rings. The summed E-state index contributed by atoms with van der Waals surface area (Å²) in [5.74, 6) is 0.578. The molecule has 0 aliphatic carbocycles. The fourth-order valence-electron chi connectivity index (χ4n) is 4.66. The number of aromatic nitrogens is 3. The van der Waals surface area contributed by atoms with Crippen molar-refractivity contribution >= 4 is 27.0 Å². The summed E-state index contributed by atoms with van der Waals surface area (Å²) in [5, 5.41) is 2.84. The number of carbonyl (C=O) groups is 1. The summed E-state index contributed by atoms with van der Waals surface area (Å²) in [4.78, 5) is 32.5. The first kappa shape index (κ1) is 25.1. The highest BCUT2D eigenvalue weighted by molar-refractivity contribution is 7.89. The summed E-state index contributed by atoms with van der Waals surface area (Å²) >= 11 is 0. The van der Waals surface area contributed by atoms with E-state index in [0.717, 1.165) is 48.4 Å². The largest absolute Gasteiger partial charge is 0.352 e. The molecular weight excluding hydrogens is 466 g/mol. The number of sulfonamides is 1. The van der Waals surface area contributed by atoms with E-state index >= 15 is 0 Å². The van der Waals surface area contributed by atoms with Crippen molar-refractivity contribution in [3.63, 3.8) is 0 Å². The second kappa shape index (κ2) is 10.3. The van der Waals surface area contributed by atoms with Crippen molar-refractivity contribution in [1.29, 1.82) is 0 Å². The number of carbonyl (C=O) groups excluding carboxylic acids is 1. The molecule has 4 rings (SSSR count). The lowest BCUT2D eigenvalue weighted by atomic mass is 10.1. The average molecular weight is 500 g/mol. The molecule has 0 unspecified atom stereocenters. The molecule has 3 aromatic rings. The number of benzene rings is 1. The van der Waals surface area contributed by atoms with E-state index in [2.05, 4.69) is 21.8 Å². The third-order valence-corrected chi connectivity index (χ3v) is 8.38. The molecule has 1 amide bonds. The van der Waals surface area contributed by atoms with E-state index in [1.54, 1.807) is 12.1 Å². The number of rotatable bonds is 9. The van der Waals surface area contributed by atoms with Gasteiger partial charge in [-0.1, -0.05) is 6.92 Å². The van der Waals surface area contributed by atoms with Crippen LogP contribution in [0, 0.1) is 13.8 Å². The molecule has 0 saturated carbocycles. The van der Waals surface area contributed by atoms with Gasteiger partial charge in [0.25, 0.3) is 5.56 Å². The van der Waals surface area contributed by atoms with E-state index < -0.39 is 10.0 Å². The number of pyridine rings is 1. The minimum absolute atomic E-state index is 0.170. The number of imidazole rings is 1. The van der Waals surface area contributed by atoms with E-state index in [9.17, 15) is 18.0 Å². The first-order chi connectivity index (χ1) is 16.7. The predicted octanol–water partition coefficient (Wildman–Crippen LogP) is 2.78. The van der Waals surface area contributed by atoms with Gasteiger partial charge in [0, 0.05) is 50.3 Å². The zero-order valence-electron chi connectivity index (χ0n) is 20.6. The Morgan fingerprint density at radius 3 is 2.60 bits per heavy atom. The Morgan fingerprint density at radius 2 is 1.91 bits per heavy atom. The monoisotopic (exact) mass is 499 g/mol. The average Bonchev–Trinajstić information content (AvgIpc) is 3.46. The van der Waals surface area contributed by atoms with Crippen molar-refractivity contribution in [1.82, 2.24) is 24.2 Å². The Kier molecular flexibility index (Phi) is 7.42. The SMILES string of the molecule is CCCn1c(CCC(=O)NCc2c(C)cc(C)[nH]c2=O)nc2cc(S(=O)(=O)N3CCCC3)ccc21. The van der Waals surface area contributed by atoms with Crippen LogP contribution in [0.2, 0.25) is 0 Å². The van der Waals surface area contributed by atoms with Gasteiger partial charge in [0.15, 0.2) is 0 Å². The van der Waals surface area contributed by atoms with Crippen LogP contribution in [0.4, 0.5) is 0 Å². The number of aryl methyl sites for hydroxylation is 4. The molecule has 1 aromatic carbocycles. The quantitative estimate of drug-likeness (QED) is 0.470. The third-order valence-electron chi connectivity index (χ3n) is 6.48. The third kappa shape index (κ3) is 5.33. The Balaban J connectivity index is 1.49. The number of nitrogens with one attached hydrogen (secondary N) is 2. The number of nitrogens with zero attached hydrogens (tertiary/aromatic N) is 3. The van der Waals surface area contributed by atoms with Gasteiger partial charge in [0.1, 0.15) is 5.82 Å². The molecule has 1 fully saturated rings. The molecule has 188 valence electrons. The van der Waals surface area contributed by atoms with E-state index in [1.165, 1.54) is 4.31 Å². The molecule has 1 saturated heterocycles. The summed E-state index contributed by atoms with van der Waals surface area (Å²) in [5.41, 5.74) is 3.48. The lowest BCUT2D eigenvalue weighted by molar-refractivity contribution is -0.121.